The fourth-order valence-electron chi connectivity index (χ4n) is 3.89. The van der Waals surface area contributed by atoms with Crippen molar-refractivity contribution in [3.63, 3.8) is 0 Å². The Morgan fingerprint density at radius 2 is 1.59 bits per heavy atom. The molecular weight excluding hydrogens is 377 g/mol. The van der Waals surface area contributed by atoms with E-state index in [0.717, 1.165) is 61.4 Å². The van der Waals surface area contributed by atoms with Gasteiger partial charge in [-0.2, -0.15) is 13.2 Å². The van der Waals surface area contributed by atoms with E-state index in [9.17, 15) is 21.6 Å². The Labute approximate surface area is 155 Å². The molecule has 0 aliphatic carbocycles. The fraction of sp³-hybridized carbons (Fsp3) is 0.368. The zero-order valence-corrected chi connectivity index (χ0v) is 15.2. The lowest BCUT2D eigenvalue weighted by atomic mass is 9.91. The first-order chi connectivity index (χ1) is 12.8. The van der Waals surface area contributed by atoms with Crippen LogP contribution in [0.2, 0.25) is 0 Å². The highest BCUT2D eigenvalue weighted by Gasteiger charge is 2.34. The molecule has 8 heteroatoms. The highest BCUT2D eigenvalue weighted by molar-refractivity contribution is 7.91. The van der Waals surface area contributed by atoms with E-state index in [1.165, 1.54) is 6.07 Å². The number of sulfone groups is 1. The van der Waals surface area contributed by atoms with E-state index in [1.807, 2.05) is 0 Å². The Morgan fingerprint density at radius 1 is 0.926 bits per heavy atom. The van der Waals surface area contributed by atoms with Gasteiger partial charge in [-0.1, -0.05) is 0 Å². The van der Waals surface area contributed by atoms with Gasteiger partial charge in [0.15, 0.2) is 0 Å². The largest absolute Gasteiger partial charge is 0.416 e. The van der Waals surface area contributed by atoms with Crippen LogP contribution in [0.25, 0.3) is 0 Å². The number of halogens is 3. The minimum atomic E-state index is -4.50. The molecule has 2 aliphatic heterocycles. The van der Waals surface area contributed by atoms with Gasteiger partial charge >= 0.3 is 6.18 Å². The molecule has 0 radical (unpaired) electrons. The van der Waals surface area contributed by atoms with Crippen molar-refractivity contribution in [2.45, 2.75) is 40.8 Å². The third kappa shape index (κ3) is 3.32. The SMILES string of the molecule is O=S(=O)(c1ccc(C(F)(F)F)cc1)c1ccc2c(c1)[C@@H]1CCNCCC1N2. The second kappa shape index (κ2) is 6.53. The second-order valence-corrected chi connectivity index (χ2v) is 8.91. The standard InChI is InChI=1S/C19H19F3N2O2S/c20-19(21,22)12-1-3-13(4-2-12)27(25,26)14-5-6-17-16(11-14)15-7-9-23-10-8-18(15)24-17/h1-6,11,15,18,23-24H,7-10H2/t15-,18?/m0/s1. The van der Waals surface area contributed by atoms with Crippen LogP contribution in [-0.2, 0) is 16.0 Å². The third-order valence-electron chi connectivity index (χ3n) is 5.32. The van der Waals surface area contributed by atoms with Gasteiger partial charge in [0.2, 0.25) is 9.84 Å². The molecule has 144 valence electrons. The first-order valence-electron chi connectivity index (χ1n) is 8.80. The molecule has 2 aliphatic rings. The number of hydrogen-bond acceptors (Lipinski definition) is 4. The van der Waals surface area contributed by atoms with Gasteiger partial charge in [-0.3, -0.25) is 0 Å². The topological polar surface area (TPSA) is 58.2 Å². The molecule has 1 unspecified atom stereocenters. The summed E-state index contributed by atoms with van der Waals surface area (Å²) in [7, 11) is -3.88. The number of rotatable bonds is 2. The zero-order chi connectivity index (χ0) is 19.2. The number of benzene rings is 2. The van der Waals surface area contributed by atoms with Gasteiger partial charge in [-0.25, -0.2) is 8.42 Å². The average Bonchev–Trinajstić information content (AvgIpc) is 2.81. The lowest BCUT2D eigenvalue weighted by Gasteiger charge is -2.16. The van der Waals surface area contributed by atoms with E-state index in [4.69, 9.17) is 0 Å². The molecule has 2 aromatic rings. The van der Waals surface area contributed by atoms with Crippen molar-refractivity contribution in [3.8, 4) is 0 Å². The summed E-state index contributed by atoms with van der Waals surface area (Å²) < 4.78 is 64.0. The number of alkyl halides is 3. The highest BCUT2D eigenvalue weighted by atomic mass is 32.2. The summed E-state index contributed by atoms with van der Waals surface area (Å²) in [6.45, 7) is 1.79. The molecule has 2 atom stereocenters. The Kier molecular flexibility index (Phi) is 4.43. The summed E-state index contributed by atoms with van der Waals surface area (Å²) in [6.07, 6.45) is -2.63. The monoisotopic (exact) mass is 396 g/mol. The van der Waals surface area contributed by atoms with Gasteiger partial charge < -0.3 is 10.6 Å². The Hall–Kier alpha value is -2.06. The van der Waals surface area contributed by atoms with E-state index >= 15 is 0 Å². The van der Waals surface area contributed by atoms with Crippen molar-refractivity contribution in [2.24, 2.45) is 0 Å². The minimum Gasteiger partial charge on any atom is -0.381 e. The van der Waals surface area contributed by atoms with Gasteiger partial charge in [0.05, 0.1) is 15.4 Å². The van der Waals surface area contributed by atoms with Gasteiger partial charge in [-0.05, 0) is 74.0 Å². The summed E-state index contributed by atoms with van der Waals surface area (Å²) >= 11 is 0. The summed E-state index contributed by atoms with van der Waals surface area (Å²) in [5, 5.41) is 6.80. The van der Waals surface area contributed by atoms with Crippen molar-refractivity contribution in [1.29, 1.82) is 0 Å². The van der Waals surface area contributed by atoms with Crippen LogP contribution in [0.5, 0.6) is 0 Å². The Balaban J connectivity index is 1.68. The quantitative estimate of drug-likeness (QED) is 0.811. The minimum absolute atomic E-state index is 0.112. The van der Waals surface area contributed by atoms with Crippen LogP contribution in [0.1, 0.15) is 29.9 Å². The molecule has 0 spiro atoms. The van der Waals surface area contributed by atoms with Crippen molar-refractivity contribution < 1.29 is 21.6 Å². The highest BCUT2D eigenvalue weighted by Crippen LogP contribution is 2.41. The molecule has 0 bridgehead atoms. The van der Waals surface area contributed by atoms with Crippen molar-refractivity contribution >= 4 is 15.5 Å². The van der Waals surface area contributed by atoms with E-state index in [0.29, 0.717) is 0 Å². The van der Waals surface area contributed by atoms with Crippen molar-refractivity contribution in [2.75, 3.05) is 18.4 Å². The van der Waals surface area contributed by atoms with Crippen LogP contribution in [0, 0.1) is 0 Å². The van der Waals surface area contributed by atoms with Crippen LogP contribution in [-0.4, -0.2) is 27.5 Å². The predicted molar refractivity (Wildman–Crippen MR) is 95.6 cm³/mol. The summed E-state index contributed by atoms with van der Waals surface area (Å²) in [5.74, 6) is 0.234. The maximum Gasteiger partial charge on any atom is 0.416 e. The lowest BCUT2D eigenvalue weighted by Crippen LogP contribution is -2.21. The molecular formula is C19H19F3N2O2S. The molecule has 4 rings (SSSR count). The number of nitrogens with one attached hydrogen (secondary N) is 2. The number of anilines is 1. The molecule has 2 N–H and O–H groups in total. The molecule has 0 amide bonds. The molecule has 0 aromatic heterocycles. The fourth-order valence-corrected chi connectivity index (χ4v) is 5.19. The smallest absolute Gasteiger partial charge is 0.381 e. The van der Waals surface area contributed by atoms with E-state index < -0.39 is 21.6 Å². The van der Waals surface area contributed by atoms with E-state index in [2.05, 4.69) is 10.6 Å². The Morgan fingerprint density at radius 3 is 2.30 bits per heavy atom. The maximum atomic E-state index is 12.9. The molecule has 27 heavy (non-hydrogen) atoms. The van der Waals surface area contributed by atoms with Crippen molar-refractivity contribution in [3.05, 3.63) is 53.6 Å². The van der Waals surface area contributed by atoms with Gasteiger partial charge in [-0.15, -0.1) is 0 Å². The zero-order valence-electron chi connectivity index (χ0n) is 14.4. The van der Waals surface area contributed by atoms with Crippen LogP contribution in [0.15, 0.2) is 52.3 Å². The average molecular weight is 396 g/mol. The van der Waals surface area contributed by atoms with Crippen LogP contribution < -0.4 is 10.6 Å². The normalized spacial score (nSPS) is 22.5. The molecule has 2 aromatic carbocycles. The molecule has 1 fully saturated rings. The van der Waals surface area contributed by atoms with E-state index in [1.54, 1.807) is 12.1 Å². The van der Waals surface area contributed by atoms with Crippen LogP contribution in [0.4, 0.5) is 18.9 Å². The summed E-state index contributed by atoms with van der Waals surface area (Å²) in [6, 6.07) is 8.86. The van der Waals surface area contributed by atoms with Crippen molar-refractivity contribution in [1.82, 2.24) is 5.32 Å². The first-order valence-corrected chi connectivity index (χ1v) is 10.3. The summed E-state index contributed by atoms with van der Waals surface area (Å²) in [4.78, 5) is -0.0267. The predicted octanol–water partition coefficient (Wildman–Crippen LogP) is 3.80. The molecule has 0 saturated carbocycles. The van der Waals surface area contributed by atoms with Gasteiger partial charge in [0, 0.05) is 17.6 Å². The third-order valence-corrected chi connectivity index (χ3v) is 7.08. The Bertz CT molecular complexity index is 956. The second-order valence-electron chi connectivity index (χ2n) is 6.96. The summed E-state index contributed by atoms with van der Waals surface area (Å²) in [5.41, 5.74) is 1.04. The molecule has 4 nitrogen and oxygen atoms in total. The van der Waals surface area contributed by atoms with Gasteiger partial charge in [0.25, 0.3) is 0 Å². The lowest BCUT2D eigenvalue weighted by molar-refractivity contribution is -0.137. The molecule has 1 saturated heterocycles. The first kappa shape index (κ1) is 18.3. The number of fused-ring (bicyclic) bond motifs is 3. The van der Waals surface area contributed by atoms with Crippen LogP contribution in [0.3, 0.4) is 0 Å². The number of hydrogen-bond donors (Lipinski definition) is 2. The molecule has 2 heterocycles. The maximum absolute atomic E-state index is 12.9. The van der Waals surface area contributed by atoms with Crippen LogP contribution >= 0.6 is 0 Å². The van der Waals surface area contributed by atoms with E-state index in [-0.39, 0.29) is 21.8 Å². The van der Waals surface area contributed by atoms with Gasteiger partial charge in [0.1, 0.15) is 0 Å².